The lowest BCUT2D eigenvalue weighted by atomic mass is 9.64. The summed E-state index contributed by atoms with van der Waals surface area (Å²) in [6.07, 6.45) is 4.28. The monoisotopic (exact) mass is 316 g/mol. The van der Waals surface area contributed by atoms with Crippen LogP contribution in [0.3, 0.4) is 0 Å². The molecule has 124 valence electrons. The summed E-state index contributed by atoms with van der Waals surface area (Å²) in [6.45, 7) is 1.18. The summed E-state index contributed by atoms with van der Waals surface area (Å²) >= 11 is 0. The maximum atomic E-state index is 12.8. The third kappa shape index (κ3) is 3.33. The number of carbonyl (C=O) groups excluding carboxylic acids is 2. The molecule has 0 bridgehead atoms. The minimum atomic E-state index is -0.315. The number of methoxy groups -OCH3 is 1. The molecule has 1 aliphatic carbocycles. The zero-order valence-electron chi connectivity index (χ0n) is 13.6. The van der Waals surface area contributed by atoms with E-state index >= 15 is 0 Å². The van der Waals surface area contributed by atoms with Crippen LogP contribution in [0.2, 0.25) is 0 Å². The van der Waals surface area contributed by atoms with Gasteiger partial charge in [0.2, 0.25) is 5.91 Å². The fourth-order valence-corrected chi connectivity index (χ4v) is 3.59. The van der Waals surface area contributed by atoms with Crippen LogP contribution in [-0.2, 0) is 16.0 Å². The van der Waals surface area contributed by atoms with Crippen LogP contribution in [0.25, 0.3) is 0 Å². The van der Waals surface area contributed by atoms with Crippen molar-refractivity contribution in [1.82, 2.24) is 10.2 Å². The van der Waals surface area contributed by atoms with Crippen LogP contribution in [0.5, 0.6) is 0 Å². The molecular weight excluding hydrogens is 292 g/mol. The molecule has 1 aromatic rings. The molecule has 1 N–H and O–H groups in total. The van der Waals surface area contributed by atoms with Crippen molar-refractivity contribution in [2.45, 2.75) is 38.1 Å². The summed E-state index contributed by atoms with van der Waals surface area (Å²) < 4.78 is 4.74. The fraction of sp³-hybridized carbons (Fsp3) is 0.556. The second kappa shape index (κ2) is 6.60. The zero-order chi connectivity index (χ0) is 16.3. The molecule has 2 amide bonds. The third-order valence-electron chi connectivity index (χ3n) is 5.13. The smallest absolute Gasteiger partial charge is 0.409 e. The van der Waals surface area contributed by atoms with E-state index in [1.54, 1.807) is 4.90 Å². The summed E-state index contributed by atoms with van der Waals surface area (Å²) in [6, 6.07) is 10.2. The van der Waals surface area contributed by atoms with Gasteiger partial charge in [-0.05, 0) is 31.2 Å². The first kappa shape index (κ1) is 15.8. The molecule has 0 spiro atoms. The van der Waals surface area contributed by atoms with Crippen LogP contribution in [0.15, 0.2) is 30.3 Å². The van der Waals surface area contributed by atoms with Gasteiger partial charge < -0.3 is 15.0 Å². The molecule has 23 heavy (non-hydrogen) atoms. The number of likely N-dealkylation sites (tertiary alicyclic amines) is 1. The van der Waals surface area contributed by atoms with Crippen molar-refractivity contribution >= 4 is 12.0 Å². The second-order valence-electron chi connectivity index (χ2n) is 6.67. The summed E-state index contributed by atoms with van der Waals surface area (Å²) in [5.41, 5.74) is 0.949. The summed E-state index contributed by atoms with van der Waals surface area (Å²) in [4.78, 5) is 26.0. The van der Waals surface area contributed by atoms with Gasteiger partial charge in [-0.25, -0.2) is 4.79 Å². The van der Waals surface area contributed by atoms with E-state index in [4.69, 9.17) is 4.74 Å². The minimum Gasteiger partial charge on any atom is -0.453 e. The quantitative estimate of drug-likeness (QED) is 0.927. The van der Waals surface area contributed by atoms with Crippen LogP contribution in [0.4, 0.5) is 4.79 Å². The average Bonchev–Trinajstić information content (AvgIpc) is 2.99. The van der Waals surface area contributed by atoms with Gasteiger partial charge >= 0.3 is 6.09 Å². The van der Waals surface area contributed by atoms with Gasteiger partial charge in [-0.3, -0.25) is 4.79 Å². The van der Waals surface area contributed by atoms with Gasteiger partial charge in [-0.1, -0.05) is 36.8 Å². The van der Waals surface area contributed by atoms with Crippen LogP contribution in [0, 0.1) is 5.41 Å². The van der Waals surface area contributed by atoms with Gasteiger partial charge in [0, 0.05) is 19.1 Å². The average molecular weight is 316 g/mol. The molecule has 1 saturated heterocycles. The number of carbonyl (C=O) groups is 2. The predicted molar refractivity (Wildman–Crippen MR) is 87.0 cm³/mol. The number of hydrogen-bond acceptors (Lipinski definition) is 3. The number of benzene rings is 1. The number of hydrogen-bond donors (Lipinski definition) is 1. The van der Waals surface area contributed by atoms with Gasteiger partial charge in [-0.2, -0.15) is 0 Å². The van der Waals surface area contributed by atoms with Gasteiger partial charge in [0.1, 0.15) is 0 Å². The van der Waals surface area contributed by atoms with E-state index in [9.17, 15) is 9.59 Å². The molecule has 1 aliphatic heterocycles. The SMILES string of the molecule is COC(=O)N1CC[C@H](NC(=O)C2(Cc3ccccc3)CCC2)C1. The van der Waals surface area contributed by atoms with Gasteiger partial charge in [0.15, 0.2) is 0 Å². The molecule has 0 unspecified atom stereocenters. The van der Waals surface area contributed by atoms with E-state index in [0.717, 1.165) is 32.1 Å². The van der Waals surface area contributed by atoms with Crippen LogP contribution >= 0.6 is 0 Å². The Bertz CT molecular complexity index is 569. The maximum Gasteiger partial charge on any atom is 0.409 e. The molecule has 1 heterocycles. The summed E-state index contributed by atoms with van der Waals surface area (Å²) in [5.74, 6) is 0.143. The third-order valence-corrected chi connectivity index (χ3v) is 5.13. The van der Waals surface area contributed by atoms with Crippen molar-refractivity contribution in [2.75, 3.05) is 20.2 Å². The highest BCUT2D eigenvalue weighted by molar-refractivity contribution is 5.84. The highest BCUT2D eigenvalue weighted by atomic mass is 16.5. The standard InChI is InChI=1S/C18H24N2O3/c1-23-17(22)20-11-8-15(13-20)19-16(21)18(9-5-10-18)12-14-6-3-2-4-7-14/h2-4,6-7,15H,5,8-13H2,1H3,(H,19,21)/t15-/m0/s1. The molecule has 1 atom stereocenters. The normalized spacial score (nSPS) is 22.3. The minimum absolute atomic E-state index is 0.0369. The van der Waals surface area contributed by atoms with E-state index in [1.807, 2.05) is 18.2 Å². The molecule has 1 aromatic carbocycles. The molecule has 0 aromatic heterocycles. The maximum absolute atomic E-state index is 12.8. The first-order valence-corrected chi connectivity index (χ1v) is 8.31. The van der Waals surface area contributed by atoms with Crippen LogP contribution in [-0.4, -0.2) is 43.1 Å². The number of nitrogens with zero attached hydrogens (tertiary/aromatic N) is 1. The summed E-state index contributed by atoms with van der Waals surface area (Å²) in [7, 11) is 1.39. The zero-order valence-corrected chi connectivity index (χ0v) is 13.6. The number of ether oxygens (including phenoxy) is 1. The van der Waals surface area contributed by atoms with Crippen molar-refractivity contribution < 1.29 is 14.3 Å². The first-order chi connectivity index (χ1) is 11.1. The van der Waals surface area contributed by atoms with Crippen molar-refractivity contribution in [3.8, 4) is 0 Å². The molecular formula is C18H24N2O3. The Morgan fingerprint density at radius 3 is 2.65 bits per heavy atom. The highest BCUT2D eigenvalue weighted by Gasteiger charge is 2.45. The van der Waals surface area contributed by atoms with Gasteiger partial charge in [-0.15, -0.1) is 0 Å². The van der Waals surface area contributed by atoms with E-state index in [1.165, 1.54) is 12.7 Å². The fourth-order valence-electron chi connectivity index (χ4n) is 3.59. The Morgan fingerprint density at radius 2 is 2.04 bits per heavy atom. The first-order valence-electron chi connectivity index (χ1n) is 8.31. The second-order valence-corrected chi connectivity index (χ2v) is 6.67. The summed E-state index contributed by atoms with van der Waals surface area (Å²) in [5, 5.41) is 3.16. The Labute approximate surface area is 137 Å². The van der Waals surface area contributed by atoms with E-state index in [2.05, 4.69) is 17.4 Å². The molecule has 0 radical (unpaired) electrons. The lowest BCUT2D eigenvalue weighted by Crippen LogP contribution is -2.51. The van der Waals surface area contributed by atoms with Crippen molar-refractivity contribution in [3.05, 3.63) is 35.9 Å². The van der Waals surface area contributed by atoms with E-state index in [-0.39, 0.29) is 23.5 Å². The number of rotatable bonds is 4. The molecule has 5 heteroatoms. The Balaban J connectivity index is 1.59. The Kier molecular flexibility index (Phi) is 4.55. The van der Waals surface area contributed by atoms with Crippen LogP contribution < -0.4 is 5.32 Å². The molecule has 2 aliphatic rings. The van der Waals surface area contributed by atoms with Gasteiger partial charge in [0.25, 0.3) is 0 Å². The lowest BCUT2D eigenvalue weighted by Gasteiger charge is -2.41. The Hall–Kier alpha value is -2.04. The van der Waals surface area contributed by atoms with Crippen molar-refractivity contribution in [2.24, 2.45) is 5.41 Å². The lowest BCUT2D eigenvalue weighted by molar-refractivity contribution is -0.136. The number of nitrogens with one attached hydrogen (secondary N) is 1. The molecule has 3 rings (SSSR count). The van der Waals surface area contributed by atoms with E-state index < -0.39 is 0 Å². The highest BCUT2D eigenvalue weighted by Crippen LogP contribution is 2.44. The molecule has 2 fully saturated rings. The van der Waals surface area contributed by atoms with Crippen molar-refractivity contribution in [1.29, 1.82) is 0 Å². The van der Waals surface area contributed by atoms with E-state index in [0.29, 0.717) is 13.1 Å². The molecule has 1 saturated carbocycles. The van der Waals surface area contributed by atoms with Crippen molar-refractivity contribution in [3.63, 3.8) is 0 Å². The topological polar surface area (TPSA) is 58.6 Å². The number of amides is 2. The molecule has 5 nitrogen and oxygen atoms in total. The largest absolute Gasteiger partial charge is 0.453 e. The Morgan fingerprint density at radius 1 is 1.30 bits per heavy atom. The van der Waals surface area contributed by atoms with Gasteiger partial charge in [0.05, 0.1) is 12.5 Å². The van der Waals surface area contributed by atoms with Crippen LogP contribution in [0.1, 0.15) is 31.2 Å². The predicted octanol–water partition coefficient (Wildman–Crippen LogP) is 2.36.